The summed E-state index contributed by atoms with van der Waals surface area (Å²) in [5.74, 6) is -2.82. The first-order chi connectivity index (χ1) is 13.6. The Morgan fingerprint density at radius 3 is 2.48 bits per heavy atom. The van der Waals surface area contributed by atoms with Crippen LogP contribution in [0.25, 0.3) is 0 Å². The van der Waals surface area contributed by atoms with Crippen molar-refractivity contribution in [3.63, 3.8) is 0 Å². The fourth-order valence-electron chi connectivity index (χ4n) is 4.76. The van der Waals surface area contributed by atoms with Gasteiger partial charge in [-0.05, 0) is 43.5 Å². The molecule has 0 bridgehead atoms. The number of phenolic OH excluding ortho intramolecular Hbond substituents is 4. The first kappa shape index (κ1) is 19.9. The van der Waals surface area contributed by atoms with Crippen LogP contribution < -0.4 is 11.1 Å². The number of fused-ring (bicyclic) bond motifs is 1. The van der Waals surface area contributed by atoms with Crippen LogP contribution in [0, 0.1) is 0 Å². The molecular weight excluding hydrogens is 394 g/mol. The summed E-state index contributed by atoms with van der Waals surface area (Å²) >= 11 is 6.29. The third kappa shape index (κ3) is 3.23. The lowest BCUT2D eigenvalue weighted by molar-refractivity contribution is 0.107. The second kappa shape index (κ2) is 6.86. The van der Waals surface area contributed by atoms with E-state index in [0.29, 0.717) is 11.4 Å². The van der Waals surface area contributed by atoms with Crippen molar-refractivity contribution in [2.75, 3.05) is 25.4 Å². The van der Waals surface area contributed by atoms with Crippen molar-refractivity contribution in [1.29, 1.82) is 0 Å². The molecular formula is C21H26ClN3O4. The van der Waals surface area contributed by atoms with Gasteiger partial charge in [-0.3, -0.25) is 4.90 Å². The smallest absolute Gasteiger partial charge is 0.203 e. The van der Waals surface area contributed by atoms with Gasteiger partial charge in [0.2, 0.25) is 5.75 Å². The van der Waals surface area contributed by atoms with Crippen LogP contribution in [0.3, 0.4) is 0 Å². The molecule has 2 unspecified atom stereocenters. The van der Waals surface area contributed by atoms with E-state index in [9.17, 15) is 20.4 Å². The molecule has 0 radical (unpaired) electrons. The first-order valence-corrected chi connectivity index (χ1v) is 10.0. The molecule has 2 atom stereocenters. The quantitative estimate of drug-likeness (QED) is 0.251. The molecule has 7 N–H and O–H groups in total. The molecule has 4 rings (SSSR count). The molecule has 1 aliphatic carbocycles. The summed E-state index contributed by atoms with van der Waals surface area (Å²) in [6.07, 6.45) is 0.580. The van der Waals surface area contributed by atoms with E-state index in [0.717, 1.165) is 30.8 Å². The molecule has 7 nitrogen and oxygen atoms in total. The van der Waals surface area contributed by atoms with Crippen molar-refractivity contribution in [1.82, 2.24) is 10.2 Å². The summed E-state index contributed by atoms with van der Waals surface area (Å²) in [6, 6.07) is 5.61. The van der Waals surface area contributed by atoms with Crippen LogP contribution in [0.5, 0.6) is 23.0 Å². The van der Waals surface area contributed by atoms with Crippen LogP contribution in [-0.2, 0) is 0 Å². The number of rotatable bonds is 2. The zero-order valence-corrected chi connectivity index (χ0v) is 17.2. The Bertz CT molecular complexity index is 950. The van der Waals surface area contributed by atoms with E-state index in [1.807, 2.05) is 12.1 Å². The van der Waals surface area contributed by atoms with Crippen molar-refractivity contribution in [3.05, 3.63) is 39.9 Å². The van der Waals surface area contributed by atoms with Gasteiger partial charge >= 0.3 is 0 Å². The summed E-state index contributed by atoms with van der Waals surface area (Å²) in [7, 11) is 0. The number of halogens is 1. The van der Waals surface area contributed by atoms with Crippen LogP contribution >= 0.6 is 11.6 Å². The summed E-state index contributed by atoms with van der Waals surface area (Å²) in [5.41, 5.74) is 7.44. The van der Waals surface area contributed by atoms with Crippen LogP contribution in [0.15, 0.2) is 18.2 Å². The van der Waals surface area contributed by atoms with E-state index in [2.05, 4.69) is 24.1 Å². The van der Waals surface area contributed by atoms with Gasteiger partial charge in [0.15, 0.2) is 11.5 Å². The molecule has 0 aromatic heterocycles. The van der Waals surface area contributed by atoms with E-state index >= 15 is 0 Å². The molecule has 1 fully saturated rings. The van der Waals surface area contributed by atoms with Crippen LogP contribution in [0.4, 0.5) is 5.69 Å². The number of nitrogen functional groups attached to an aromatic ring is 1. The van der Waals surface area contributed by atoms with E-state index in [1.165, 1.54) is 0 Å². The standard InChI is InChI=1S/C21H26ClN3O4/c1-21(2)9-25(6-5-24-21)14-8-13(11-4-3-10(22)7-12(11)14)15-17(26)16(23)19(28)20(29)18(15)27/h3-4,7,13-14,24,26-29H,5-6,8-9,23H2,1-2H3. The maximum absolute atomic E-state index is 10.6. The normalized spacial score (nSPS) is 23.8. The third-order valence-corrected chi connectivity index (χ3v) is 6.34. The predicted molar refractivity (Wildman–Crippen MR) is 112 cm³/mol. The minimum atomic E-state index is -0.724. The highest BCUT2D eigenvalue weighted by molar-refractivity contribution is 6.30. The number of aromatic hydroxyl groups is 4. The molecule has 1 aliphatic heterocycles. The Morgan fingerprint density at radius 2 is 1.79 bits per heavy atom. The van der Waals surface area contributed by atoms with Crippen molar-refractivity contribution < 1.29 is 20.4 Å². The minimum absolute atomic E-state index is 0.0334. The predicted octanol–water partition coefficient (Wildman–Crippen LogP) is 3.01. The summed E-state index contributed by atoms with van der Waals surface area (Å²) in [5, 5.41) is 45.2. The van der Waals surface area contributed by atoms with E-state index in [1.54, 1.807) is 6.07 Å². The van der Waals surface area contributed by atoms with Gasteiger partial charge < -0.3 is 31.5 Å². The van der Waals surface area contributed by atoms with Gasteiger partial charge in [-0.25, -0.2) is 0 Å². The molecule has 2 aromatic rings. The topological polar surface area (TPSA) is 122 Å². The molecule has 1 saturated heterocycles. The van der Waals surface area contributed by atoms with E-state index in [4.69, 9.17) is 17.3 Å². The number of nitrogens with two attached hydrogens (primary N) is 1. The van der Waals surface area contributed by atoms with Gasteiger partial charge in [-0.1, -0.05) is 17.7 Å². The Balaban J connectivity index is 1.82. The molecule has 2 aromatic carbocycles. The average molecular weight is 420 g/mol. The zero-order chi connectivity index (χ0) is 21.1. The molecule has 29 heavy (non-hydrogen) atoms. The number of nitrogens with zero attached hydrogens (tertiary/aromatic N) is 1. The van der Waals surface area contributed by atoms with Gasteiger partial charge in [0.05, 0.1) is 0 Å². The second-order valence-corrected chi connectivity index (χ2v) is 9.02. The lowest BCUT2D eigenvalue weighted by Gasteiger charge is -2.42. The maximum atomic E-state index is 10.6. The van der Waals surface area contributed by atoms with E-state index in [-0.39, 0.29) is 22.8 Å². The van der Waals surface area contributed by atoms with Gasteiger partial charge in [-0.2, -0.15) is 0 Å². The molecule has 156 valence electrons. The summed E-state index contributed by atoms with van der Waals surface area (Å²) in [4.78, 5) is 2.38. The van der Waals surface area contributed by atoms with E-state index < -0.39 is 28.9 Å². The number of phenols is 4. The highest BCUT2D eigenvalue weighted by Gasteiger charge is 2.41. The second-order valence-electron chi connectivity index (χ2n) is 8.58. The average Bonchev–Trinajstić information content (AvgIpc) is 3.02. The molecule has 0 amide bonds. The number of benzene rings is 2. The first-order valence-electron chi connectivity index (χ1n) is 9.64. The SMILES string of the molecule is CC1(C)CN(C2CC(c3c(O)c(N)c(O)c(O)c3O)c3ccc(Cl)cc32)CCN1. The van der Waals surface area contributed by atoms with Crippen LogP contribution in [0.2, 0.25) is 5.02 Å². The zero-order valence-electron chi connectivity index (χ0n) is 16.4. The molecule has 2 aliphatic rings. The van der Waals surface area contributed by atoms with Crippen molar-refractivity contribution in [2.45, 2.75) is 37.8 Å². The number of anilines is 1. The lowest BCUT2D eigenvalue weighted by atomic mass is 9.90. The van der Waals surface area contributed by atoms with Crippen molar-refractivity contribution in [3.8, 4) is 23.0 Å². The van der Waals surface area contributed by atoms with Gasteiger partial charge in [0.1, 0.15) is 11.4 Å². The Hall–Kier alpha value is -2.35. The van der Waals surface area contributed by atoms with Crippen LogP contribution in [-0.4, -0.2) is 50.5 Å². The van der Waals surface area contributed by atoms with Gasteiger partial charge in [0.25, 0.3) is 0 Å². The van der Waals surface area contributed by atoms with Crippen molar-refractivity contribution >= 4 is 17.3 Å². The number of hydrogen-bond donors (Lipinski definition) is 6. The fraction of sp³-hybridized carbons (Fsp3) is 0.429. The highest BCUT2D eigenvalue weighted by Crippen LogP contribution is 2.57. The monoisotopic (exact) mass is 419 g/mol. The molecule has 0 saturated carbocycles. The largest absolute Gasteiger partial charge is 0.505 e. The number of hydrogen-bond acceptors (Lipinski definition) is 7. The third-order valence-electron chi connectivity index (χ3n) is 6.10. The molecule has 0 spiro atoms. The van der Waals surface area contributed by atoms with Gasteiger partial charge in [-0.15, -0.1) is 0 Å². The Labute approximate surface area is 174 Å². The van der Waals surface area contributed by atoms with Gasteiger partial charge in [0, 0.05) is 47.7 Å². The Kier molecular flexibility index (Phi) is 4.72. The lowest BCUT2D eigenvalue weighted by Crippen LogP contribution is -2.57. The number of piperazine rings is 1. The fourth-order valence-corrected chi connectivity index (χ4v) is 4.94. The van der Waals surface area contributed by atoms with Crippen LogP contribution in [0.1, 0.15) is 48.9 Å². The Morgan fingerprint density at radius 1 is 1.07 bits per heavy atom. The maximum Gasteiger partial charge on any atom is 0.203 e. The highest BCUT2D eigenvalue weighted by atomic mass is 35.5. The minimum Gasteiger partial charge on any atom is -0.505 e. The summed E-state index contributed by atoms with van der Waals surface area (Å²) < 4.78 is 0. The number of nitrogens with one attached hydrogen (secondary N) is 1. The molecule has 8 heteroatoms. The molecule has 1 heterocycles. The van der Waals surface area contributed by atoms with Crippen molar-refractivity contribution in [2.24, 2.45) is 0 Å². The summed E-state index contributed by atoms with van der Waals surface area (Å²) in [6.45, 7) is 6.85.